The zero-order chi connectivity index (χ0) is 26.9. The average molecular weight is 554 g/mol. The highest BCUT2D eigenvalue weighted by Gasteiger charge is 2.41. The van der Waals surface area contributed by atoms with Gasteiger partial charge in [0.1, 0.15) is 0 Å². The summed E-state index contributed by atoms with van der Waals surface area (Å²) in [6.45, 7) is 5.16. The lowest BCUT2D eigenvalue weighted by atomic mass is 9.85. The molecule has 0 unspecified atom stereocenters. The van der Waals surface area contributed by atoms with Gasteiger partial charge in [-0.15, -0.1) is 0 Å². The van der Waals surface area contributed by atoms with Gasteiger partial charge in [-0.05, 0) is 79.4 Å². The van der Waals surface area contributed by atoms with Crippen molar-refractivity contribution in [3.63, 3.8) is 0 Å². The van der Waals surface area contributed by atoms with Gasteiger partial charge in [0.2, 0.25) is 0 Å². The number of amides is 1. The fourth-order valence-electron chi connectivity index (χ4n) is 5.90. The molecule has 0 N–H and O–H groups in total. The van der Waals surface area contributed by atoms with Crippen molar-refractivity contribution in [2.75, 3.05) is 0 Å². The SMILES string of the molecule is Cc1c(/C=C2\SC(=Nc3ccccc3)N([C@H]3CCCC[C@H]3C)C2=O)c2ccccc2n1Cc1ccc(Cl)cc1. The van der Waals surface area contributed by atoms with Crippen molar-refractivity contribution < 1.29 is 4.79 Å². The van der Waals surface area contributed by atoms with Crippen molar-refractivity contribution in [2.45, 2.75) is 52.1 Å². The fourth-order valence-corrected chi connectivity index (χ4v) is 7.05. The topological polar surface area (TPSA) is 37.6 Å². The molecule has 1 aliphatic heterocycles. The van der Waals surface area contributed by atoms with E-state index in [1.165, 1.54) is 23.7 Å². The molecule has 1 saturated heterocycles. The Bertz CT molecular complexity index is 1570. The van der Waals surface area contributed by atoms with Gasteiger partial charge in [0.25, 0.3) is 5.91 Å². The summed E-state index contributed by atoms with van der Waals surface area (Å²) in [5.41, 5.74) is 5.44. The maximum atomic E-state index is 14.1. The first kappa shape index (κ1) is 26.0. The number of nitrogens with zero attached hydrogens (tertiary/aromatic N) is 3. The first-order valence-electron chi connectivity index (χ1n) is 13.7. The zero-order valence-corrected chi connectivity index (χ0v) is 23.9. The molecule has 2 heterocycles. The van der Waals surface area contributed by atoms with Gasteiger partial charge in [0, 0.05) is 39.8 Å². The van der Waals surface area contributed by atoms with E-state index in [0.29, 0.717) is 5.92 Å². The van der Waals surface area contributed by atoms with Crippen LogP contribution in [0.3, 0.4) is 0 Å². The lowest BCUT2D eigenvalue weighted by Crippen LogP contribution is -2.44. The molecule has 1 amide bonds. The number of amidine groups is 1. The summed E-state index contributed by atoms with van der Waals surface area (Å²) in [6, 6.07) is 26.6. The number of fused-ring (bicyclic) bond motifs is 1. The molecule has 2 aliphatic rings. The number of para-hydroxylation sites is 2. The van der Waals surface area contributed by atoms with Gasteiger partial charge in [-0.25, -0.2) is 4.99 Å². The van der Waals surface area contributed by atoms with Crippen molar-refractivity contribution in [3.8, 4) is 0 Å². The Morgan fingerprint density at radius 3 is 2.46 bits per heavy atom. The molecule has 1 aromatic heterocycles. The lowest BCUT2D eigenvalue weighted by Gasteiger charge is -2.35. The van der Waals surface area contributed by atoms with E-state index >= 15 is 0 Å². The number of aliphatic imine (C=N–C) groups is 1. The van der Waals surface area contributed by atoms with Crippen LogP contribution in [0.1, 0.15) is 49.4 Å². The van der Waals surface area contributed by atoms with Crippen LogP contribution in [0.25, 0.3) is 17.0 Å². The van der Waals surface area contributed by atoms with Crippen LogP contribution in [-0.4, -0.2) is 26.6 Å². The molecule has 4 aromatic rings. The van der Waals surface area contributed by atoms with E-state index in [1.54, 1.807) is 0 Å². The number of benzene rings is 3. The maximum Gasteiger partial charge on any atom is 0.267 e. The molecule has 1 saturated carbocycles. The highest BCUT2D eigenvalue weighted by atomic mass is 35.5. The van der Waals surface area contributed by atoms with Crippen LogP contribution in [0.2, 0.25) is 5.02 Å². The van der Waals surface area contributed by atoms with E-state index in [1.807, 2.05) is 47.4 Å². The van der Waals surface area contributed by atoms with E-state index in [0.717, 1.165) is 68.8 Å². The van der Waals surface area contributed by atoms with Crippen molar-refractivity contribution in [3.05, 3.63) is 106 Å². The van der Waals surface area contributed by atoms with E-state index < -0.39 is 0 Å². The summed E-state index contributed by atoms with van der Waals surface area (Å²) < 4.78 is 2.33. The Labute approximate surface area is 239 Å². The van der Waals surface area contributed by atoms with Crippen LogP contribution in [-0.2, 0) is 11.3 Å². The summed E-state index contributed by atoms with van der Waals surface area (Å²) in [5.74, 6) is 0.522. The Kier molecular flexibility index (Phi) is 7.37. The second-order valence-corrected chi connectivity index (χ2v) is 12.0. The molecule has 1 aliphatic carbocycles. The summed E-state index contributed by atoms with van der Waals surface area (Å²) in [4.78, 5) is 21.8. The molecule has 6 heteroatoms. The molecule has 4 nitrogen and oxygen atoms in total. The van der Waals surface area contributed by atoms with Gasteiger partial charge in [0.15, 0.2) is 5.17 Å². The van der Waals surface area contributed by atoms with E-state index in [9.17, 15) is 4.79 Å². The predicted molar refractivity (Wildman–Crippen MR) is 165 cm³/mol. The van der Waals surface area contributed by atoms with Crippen LogP contribution in [0.4, 0.5) is 5.69 Å². The number of hydrogen-bond donors (Lipinski definition) is 0. The Morgan fingerprint density at radius 1 is 0.974 bits per heavy atom. The third kappa shape index (κ3) is 5.18. The van der Waals surface area contributed by atoms with Crippen LogP contribution in [0, 0.1) is 12.8 Å². The van der Waals surface area contributed by atoms with Crippen LogP contribution >= 0.6 is 23.4 Å². The summed E-state index contributed by atoms with van der Waals surface area (Å²) in [6.07, 6.45) is 6.64. The highest BCUT2D eigenvalue weighted by molar-refractivity contribution is 8.18. The highest BCUT2D eigenvalue weighted by Crippen LogP contribution is 2.41. The van der Waals surface area contributed by atoms with Gasteiger partial charge in [-0.2, -0.15) is 0 Å². The molecular formula is C33H32ClN3OS. The molecular weight excluding hydrogens is 522 g/mol. The fraction of sp³-hybridized carbons (Fsp3) is 0.273. The smallest absolute Gasteiger partial charge is 0.267 e. The van der Waals surface area contributed by atoms with Gasteiger partial charge >= 0.3 is 0 Å². The predicted octanol–water partition coefficient (Wildman–Crippen LogP) is 8.83. The molecule has 0 radical (unpaired) electrons. The number of rotatable bonds is 5. The quantitative estimate of drug-likeness (QED) is 0.231. The van der Waals surface area contributed by atoms with Crippen molar-refractivity contribution in [1.82, 2.24) is 9.47 Å². The number of thioether (sulfide) groups is 1. The third-order valence-electron chi connectivity index (χ3n) is 8.02. The van der Waals surface area contributed by atoms with Gasteiger partial charge in [-0.3, -0.25) is 9.69 Å². The van der Waals surface area contributed by atoms with Gasteiger partial charge in [0.05, 0.1) is 10.6 Å². The Hall–Kier alpha value is -3.28. The monoisotopic (exact) mass is 553 g/mol. The first-order chi connectivity index (χ1) is 19.0. The third-order valence-corrected chi connectivity index (χ3v) is 9.26. The first-order valence-corrected chi connectivity index (χ1v) is 14.9. The largest absolute Gasteiger partial charge is 0.340 e. The molecule has 0 spiro atoms. The minimum atomic E-state index is 0.0716. The molecule has 2 atom stereocenters. The lowest BCUT2D eigenvalue weighted by molar-refractivity contribution is -0.124. The summed E-state index contributed by atoms with van der Waals surface area (Å²) >= 11 is 7.64. The van der Waals surface area contributed by atoms with Crippen LogP contribution in [0.5, 0.6) is 0 Å². The Morgan fingerprint density at radius 2 is 1.69 bits per heavy atom. The molecule has 6 rings (SSSR count). The summed E-state index contributed by atoms with van der Waals surface area (Å²) in [5, 5.41) is 2.68. The number of hydrogen-bond acceptors (Lipinski definition) is 3. The Balaban J connectivity index is 1.42. The van der Waals surface area contributed by atoms with Crippen molar-refractivity contribution in [2.24, 2.45) is 10.9 Å². The minimum Gasteiger partial charge on any atom is -0.340 e. The number of carbonyl (C=O) groups excluding carboxylic acids is 1. The normalized spacial score (nSPS) is 21.9. The second kappa shape index (κ2) is 11.1. The van der Waals surface area contributed by atoms with E-state index in [-0.39, 0.29) is 11.9 Å². The summed E-state index contributed by atoms with van der Waals surface area (Å²) in [7, 11) is 0. The molecule has 0 bridgehead atoms. The molecule has 39 heavy (non-hydrogen) atoms. The second-order valence-electron chi connectivity index (χ2n) is 10.6. The average Bonchev–Trinajstić information content (AvgIpc) is 3.39. The molecule has 198 valence electrons. The van der Waals surface area contributed by atoms with E-state index in [2.05, 4.69) is 60.9 Å². The number of carbonyl (C=O) groups is 1. The van der Waals surface area contributed by atoms with Crippen molar-refractivity contribution in [1.29, 1.82) is 0 Å². The standard InChI is InChI=1S/C33H32ClN3OS/c1-22-10-6-8-14-29(22)37-32(38)31(39-33(37)35-26-11-4-3-5-12-26)20-28-23(2)36(30-15-9-7-13-27(28)30)21-24-16-18-25(34)19-17-24/h3-5,7,9,11-13,15-20,22,29H,6,8,10,14,21H2,1-2H3/b31-20-,35-33?/t22-,29+/m1/s1. The molecule has 3 aromatic carbocycles. The minimum absolute atomic E-state index is 0.0716. The van der Waals surface area contributed by atoms with Crippen LogP contribution < -0.4 is 0 Å². The van der Waals surface area contributed by atoms with Crippen LogP contribution in [0.15, 0.2) is 88.8 Å². The van der Waals surface area contributed by atoms with E-state index in [4.69, 9.17) is 16.6 Å². The number of aromatic nitrogens is 1. The van der Waals surface area contributed by atoms with Gasteiger partial charge in [-0.1, -0.05) is 79.9 Å². The van der Waals surface area contributed by atoms with Gasteiger partial charge < -0.3 is 4.57 Å². The maximum absolute atomic E-state index is 14.1. The molecule has 2 fully saturated rings. The number of halogens is 1. The van der Waals surface area contributed by atoms with Crippen molar-refractivity contribution >= 4 is 57.1 Å². The zero-order valence-electron chi connectivity index (χ0n) is 22.3.